The highest BCUT2D eigenvalue weighted by Crippen LogP contribution is 2.33. The largest absolute Gasteiger partial charge is 0.547 e. The van der Waals surface area contributed by atoms with Gasteiger partial charge in [-0.1, -0.05) is 24.8 Å². The van der Waals surface area contributed by atoms with Crippen LogP contribution in [-0.2, 0) is 11.2 Å². The summed E-state index contributed by atoms with van der Waals surface area (Å²) in [4.78, 5) is 12.6. The molecule has 164 valence electrons. The van der Waals surface area contributed by atoms with E-state index in [9.17, 15) is 9.82 Å². The molecule has 1 heterocycles. The second-order valence-corrected chi connectivity index (χ2v) is 9.75. The number of hydrogen-bond donors (Lipinski definition) is 4. The van der Waals surface area contributed by atoms with E-state index < -0.39 is 13.1 Å². The van der Waals surface area contributed by atoms with Gasteiger partial charge < -0.3 is 26.0 Å². The maximum atomic E-state index is 12.6. The van der Waals surface area contributed by atoms with Crippen molar-refractivity contribution >= 4 is 18.6 Å². The van der Waals surface area contributed by atoms with Crippen LogP contribution in [0.25, 0.3) is 5.57 Å². The summed E-state index contributed by atoms with van der Waals surface area (Å²) < 4.78 is 5.76. The van der Waals surface area contributed by atoms with Gasteiger partial charge in [-0.2, -0.15) is 0 Å². The zero-order valence-electron chi connectivity index (χ0n) is 18.5. The second-order valence-electron chi connectivity index (χ2n) is 9.75. The monoisotopic (exact) mass is 413 g/mol. The Morgan fingerprint density at radius 1 is 1.33 bits per heavy atom. The third-order valence-electron chi connectivity index (χ3n) is 6.09. The van der Waals surface area contributed by atoms with Crippen LogP contribution in [0.15, 0.2) is 24.8 Å². The summed E-state index contributed by atoms with van der Waals surface area (Å²) in [6, 6.07) is 6.36. The summed E-state index contributed by atoms with van der Waals surface area (Å²) in [6.45, 7) is 10.7. The highest BCUT2D eigenvalue weighted by atomic mass is 16.5. The van der Waals surface area contributed by atoms with E-state index in [1.54, 1.807) is 0 Å². The fourth-order valence-corrected chi connectivity index (χ4v) is 4.39. The van der Waals surface area contributed by atoms with Gasteiger partial charge in [-0.25, -0.2) is 0 Å². The maximum absolute atomic E-state index is 12.6. The second kappa shape index (κ2) is 9.54. The van der Waals surface area contributed by atoms with Gasteiger partial charge in [0.15, 0.2) is 0 Å². The Morgan fingerprint density at radius 3 is 2.67 bits per heavy atom. The number of fused-ring (bicyclic) bond motifs is 1. The molecule has 0 bridgehead atoms. The molecule has 1 amide bonds. The third-order valence-corrected chi connectivity index (χ3v) is 6.09. The fourth-order valence-electron chi connectivity index (χ4n) is 4.39. The molecular formula is C23H36BN3O3. The minimum atomic E-state index is -1.05. The van der Waals surface area contributed by atoms with Gasteiger partial charge in [-0.15, -0.1) is 0 Å². The zero-order valence-corrected chi connectivity index (χ0v) is 18.5. The first-order valence-corrected chi connectivity index (χ1v) is 11.1. The van der Waals surface area contributed by atoms with Crippen LogP contribution in [0.5, 0.6) is 5.75 Å². The first-order valence-electron chi connectivity index (χ1n) is 11.1. The number of carbonyl (C=O) groups excluding carboxylic acids is 1. The first kappa shape index (κ1) is 22.9. The number of nitrogens with two attached hydrogens (primary N) is 1. The average Bonchev–Trinajstić information content (AvgIpc) is 2.67. The smallest absolute Gasteiger partial charge is 0.534 e. The van der Waals surface area contributed by atoms with E-state index in [1.807, 2.05) is 39.0 Å². The van der Waals surface area contributed by atoms with Crippen LogP contribution in [0.3, 0.4) is 0 Å². The number of nitrogens with one attached hydrogen (secondary N) is 2. The van der Waals surface area contributed by atoms with Gasteiger partial charge in [0.2, 0.25) is 5.91 Å². The van der Waals surface area contributed by atoms with Crippen LogP contribution in [0.4, 0.5) is 0 Å². The molecule has 6 nitrogen and oxygen atoms in total. The normalized spacial score (nSPS) is 24.0. The van der Waals surface area contributed by atoms with E-state index in [4.69, 9.17) is 10.4 Å². The molecular weight excluding hydrogens is 377 g/mol. The molecule has 1 aromatic carbocycles. The first-order chi connectivity index (χ1) is 14.1. The molecule has 0 saturated heterocycles. The van der Waals surface area contributed by atoms with Crippen LogP contribution in [0.2, 0.25) is 0 Å². The van der Waals surface area contributed by atoms with E-state index >= 15 is 0 Å². The summed E-state index contributed by atoms with van der Waals surface area (Å²) >= 11 is 0. The van der Waals surface area contributed by atoms with E-state index in [-0.39, 0.29) is 11.4 Å². The molecule has 1 fully saturated rings. The summed E-state index contributed by atoms with van der Waals surface area (Å²) in [5.41, 5.74) is 8.62. The summed E-state index contributed by atoms with van der Waals surface area (Å²) in [6.07, 6.45) is 5.25. The molecule has 1 aromatic rings. The van der Waals surface area contributed by atoms with E-state index in [0.717, 1.165) is 48.9 Å². The van der Waals surface area contributed by atoms with Gasteiger partial charge in [0.05, 0.1) is 5.94 Å². The number of rotatable bonds is 7. The molecule has 0 radical (unpaired) electrons. The lowest BCUT2D eigenvalue weighted by atomic mass is 9.72. The van der Waals surface area contributed by atoms with Crippen LogP contribution in [0, 0.1) is 5.92 Å². The molecule has 7 heteroatoms. The molecule has 0 aromatic heterocycles. The van der Waals surface area contributed by atoms with Crippen molar-refractivity contribution in [3.05, 3.63) is 35.9 Å². The third kappa shape index (κ3) is 6.09. The van der Waals surface area contributed by atoms with Crippen molar-refractivity contribution in [1.82, 2.24) is 10.6 Å². The molecule has 30 heavy (non-hydrogen) atoms. The van der Waals surface area contributed by atoms with Gasteiger partial charge in [0.25, 0.3) is 0 Å². The number of amides is 1. The Balaban J connectivity index is 1.48. The van der Waals surface area contributed by atoms with Gasteiger partial charge in [0.1, 0.15) is 5.75 Å². The maximum Gasteiger partial charge on any atom is 0.547 e. The Hall–Kier alpha value is -1.83. The van der Waals surface area contributed by atoms with E-state index in [0.29, 0.717) is 30.6 Å². The van der Waals surface area contributed by atoms with Gasteiger partial charge in [-0.3, -0.25) is 4.79 Å². The number of carbonyl (C=O) groups is 1. The molecule has 0 unspecified atom stereocenters. The topological polar surface area (TPSA) is 96.6 Å². The van der Waals surface area contributed by atoms with Crippen molar-refractivity contribution < 1.29 is 14.5 Å². The number of para-hydroxylation sites is 1. The summed E-state index contributed by atoms with van der Waals surface area (Å²) in [7, 11) is -1.05. The standard InChI is InChI=1S/C23H36BN3O3/c1-15(2)19-7-5-6-17-13-20(24(29)30-22(17)19)27-21(28)12-16-8-10-18(11-9-16)26-14-23(3,4)25/h5-7,16,18,20,26,29H,1,8-14,25H2,2-4H3,(H,27,28)/t16?,18?,20-/m0/s1. The molecule has 1 atom stereocenters. The minimum Gasteiger partial charge on any atom is -0.534 e. The molecule has 0 spiro atoms. The summed E-state index contributed by atoms with van der Waals surface area (Å²) in [5.74, 6) is 0.615. The van der Waals surface area contributed by atoms with Crippen LogP contribution < -0.4 is 21.0 Å². The van der Waals surface area contributed by atoms with Gasteiger partial charge in [0, 0.05) is 30.1 Å². The lowest BCUT2D eigenvalue weighted by Gasteiger charge is -2.32. The predicted octanol–water partition coefficient (Wildman–Crippen LogP) is 2.43. The number of benzene rings is 1. The predicted molar refractivity (Wildman–Crippen MR) is 122 cm³/mol. The van der Waals surface area contributed by atoms with Crippen LogP contribution in [-0.4, -0.2) is 42.1 Å². The SMILES string of the molecule is C=C(C)c1cccc2c1OB(O)[C@@H](NC(=O)CC1CCC(NCC(C)(C)N)CC1)C2. The number of hydrogen-bond acceptors (Lipinski definition) is 5. The average molecular weight is 413 g/mol. The fraction of sp³-hybridized carbons (Fsp3) is 0.609. The Kier molecular flexibility index (Phi) is 7.27. The van der Waals surface area contributed by atoms with Crippen molar-refractivity contribution in [2.45, 2.75) is 76.8 Å². The van der Waals surface area contributed by atoms with Gasteiger partial charge >= 0.3 is 7.12 Å². The molecule has 5 N–H and O–H groups in total. The highest BCUT2D eigenvalue weighted by molar-refractivity contribution is 6.46. The number of allylic oxidation sites excluding steroid dienone is 1. The van der Waals surface area contributed by atoms with Crippen molar-refractivity contribution in [3.63, 3.8) is 0 Å². The van der Waals surface area contributed by atoms with E-state index in [1.165, 1.54) is 0 Å². The highest BCUT2D eigenvalue weighted by Gasteiger charge is 2.37. The molecule has 3 rings (SSSR count). The molecule has 2 aliphatic rings. The molecule has 1 saturated carbocycles. The van der Waals surface area contributed by atoms with Crippen molar-refractivity contribution in [2.75, 3.05) is 6.54 Å². The Morgan fingerprint density at radius 2 is 2.03 bits per heavy atom. The quantitative estimate of drug-likeness (QED) is 0.515. The summed E-state index contributed by atoms with van der Waals surface area (Å²) in [5, 5.41) is 17.0. The van der Waals surface area contributed by atoms with Crippen molar-refractivity contribution in [3.8, 4) is 5.75 Å². The van der Waals surface area contributed by atoms with Crippen molar-refractivity contribution in [2.24, 2.45) is 11.7 Å². The van der Waals surface area contributed by atoms with E-state index in [2.05, 4.69) is 17.2 Å². The van der Waals surface area contributed by atoms with Crippen molar-refractivity contribution in [1.29, 1.82) is 0 Å². The molecule has 1 aliphatic heterocycles. The Labute approximate surface area is 180 Å². The zero-order chi connectivity index (χ0) is 21.9. The van der Waals surface area contributed by atoms with Crippen LogP contribution in [0.1, 0.15) is 64.0 Å². The lowest BCUT2D eigenvalue weighted by molar-refractivity contribution is -0.122. The van der Waals surface area contributed by atoms with Gasteiger partial charge in [-0.05, 0) is 69.9 Å². The van der Waals surface area contributed by atoms with Crippen LogP contribution >= 0.6 is 0 Å². The minimum absolute atomic E-state index is 0.0124. The lowest BCUT2D eigenvalue weighted by Crippen LogP contribution is -2.53. The molecule has 1 aliphatic carbocycles. The Bertz CT molecular complexity index is 769.